The summed E-state index contributed by atoms with van der Waals surface area (Å²) in [5.74, 6) is 1.78. The molecule has 0 aliphatic rings. The van der Waals surface area contributed by atoms with E-state index in [4.69, 9.17) is 26.0 Å². The fourth-order valence-electron chi connectivity index (χ4n) is 2.60. The molecule has 0 bridgehead atoms. The molecule has 2 heterocycles. The van der Waals surface area contributed by atoms with Crippen LogP contribution in [0.3, 0.4) is 0 Å². The molecule has 0 spiro atoms. The summed E-state index contributed by atoms with van der Waals surface area (Å²) in [5, 5.41) is 9.46. The highest BCUT2D eigenvalue weighted by atomic mass is 35.5. The van der Waals surface area contributed by atoms with Crippen molar-refractivity contribution in [1.82, 2.24) is 29.9 Å². The zero-order valence-corrected chi connectivity index (χ0v) is 22.9. The first-order chi connectivity index (χ1) is 16.7. The smallest absolute Gasteiger partial charge is 0.322 e. The van der Waals surface area contributed by atoms with Crippen molar-refractivity contribution in [3.63, 3.8) is 0 Å². The molecule has 0 saturated carbocycles. The number of aromatic nitrogens is 6. The fourth-order valence-corrected chi connectivity index (χ4v) is 2.75. The van der Waals surface area contributed by atoms with E-state index in [-0.39, 0.29) is 17.4 Å². The number of rotatable bonds is 13. The molecule has 2 N–H and O–H groups in total. The van der Waals surface area contributed by atoms with Gasteiger partial charge in [0, 0.05) is 25.2 Å². The number of nitrogens with zero attached hydrogens (tertiary/aromatic N) is 8. The summed E-state index contributed by atoms with van der Waals surface area (Å²) in [6, 6.07) is 0.833. The van der Waals surface area contributed by atoms with E-state index >= 15 is 0 Å². The van der Waals surface area contributed by atoms with E-state index < -0.39 is 0 Å². The van der Waals surface area contributed by atoms with Gasteiger partial charge in [-0.15, -0.1) is 0 Å². The predicted molar refractivity (Wildman–Crippen MR) is 138 cm³/mol. The van der Waals surface area contributed by atoms with E-state index in [1.807, 2.05) is 41.5 Å². The molecule has 2 aromatic heterocycles. The summed E-state index contributed by atoms with van der Waals surface area (Å²) in [6.45, 7) is 13.5. The van der Waals surface area contributed by atoms with E-state index in [1.54, 1.807) is 24.3 Å². The highest BCUT2D eigenvalue weighted by Gasteiger charge is 2.16. The zero-order chi connectivity index (χ0) is 26.4. The van der Waals surface area contributed by atoms with Crippen LogP contribution in [-0.4, -0.2) is 76.4 Å². The third kappa shape index (κ3) is 11.0. The summed E-state index contributed by atoms with van der Waals surface area (Å²) in [6.07, 6.45) is 1.80. The second-order valence-electron chi connectivity index (χ2n) is 7.84. The molecule has 14 heteroatoms. The lowest BCUT2D eigenvalue weighted by atomic mass is 10.4. The van der Waals surface area contributed by atoms with Gasteiger partial charge in [0.1, 0.15) is 0 Å². The van der Waals surface area contributed by atoms with Gasteiger partial charge in [-0.3, -0.25) is 9.68 Å². The number of halogens is 1. The van der Waals surface area contributed by atoms with Gasteiger partial charge in [0.05, 0.1) is 21.3 Å². The van der Waals surface area contributed by atoms with Gasteiger partial charge in [-0.1, -0.05) is 13.8 Å². The van der Waals surface area contributed by atoms with Crippen LogP contribution in [0.1, 0.15) is 54.4 Å². The van der Waals surface area contributed by atoms with E-state index in [0.29, 0.717) is 42.9 Å². The van der Waals surface area contributed by atoms with Crippen molar-refractivity contribution in [3.05, 3.63) is 5.28 Å². The van der Waals surface area contributed by atoms with E-state index in [1.165, 1.54) is 7.11 Å². The maximum Gasteiger partial charge on any atom is 0.322 e. The summed E-state index contributed by atoms with van der Waals surface area (Å²) in [7, 11) is 4.66. The molecular formula is C21H39ClN10O3. The summed E-state index contributed by atoms with van der Waals surface area (Å²) in [4.78, 5) is 35.3. The van der Waals surface area contributed by atoms with Crippen molar-refractivity contribution in [1.29, 1.82) is 0 Å². The third-order valence-corrected chi connectivity index (χ3v) is 4.13. The second kappa shape index (κ2) is 16.0. The van der Waals surface area contributed by atoms with Gasteiger partial charge in [0.25, 0.3) is 11.9 Å². The Morgan fingerprint density at radius 3 is 1.46 bits per heavy atom. The molecule has 0 aromatic carbocycles. The van der Waals surface area contributed by atoms with Gasteiger partial charge in [-0.25, -0.2) is 10.1 Å². The van der Waals surface area contributed by atoms with E-state index in [2.05, 4.69) is 40.5 Å². The summed E-state index contributed by atoms with van der Waals surface area (Å²) < 4.78 is 5.02. The Morgan fingerprint density at radius 1 is 0.714 bits per heavy atom. The lowest BCUT2D eigenvalue weighted by Crippen LogP contribution is -2.28. The first-order valence-corrected chi connectivity index (χ1v) is 11.9. The number of nitrogens with one attached hydrogen (secondary N) is 2. The Bertz CT molecular complexity index is 815. The lowest BCUT2D eigenvalue weighted by Gasteiger charge is -2.22. The Balaban J connectivity index is 0.000000355. The molecule has 0 amide bonds. The molecule has 13 nitrogen and oxygen atoms in total. The molecule has 0 aliphatic heterocycles. The third-order valence-electron chi connectivity index (χ3n) is 3.96. The maximum atomic E-state index is 5.93. The number of ether oxygens (including phenoxy) is 1. The van der Waals surface area contributed by atoms with Crippen molar-refractivity contribution >= 4 is 35.4 Å². The molecule has 0 radical (unpaired) electrons. The van der Waals surface area contributed by atoms with E-state index in [0.717, 1.165) is 12.8 Å². The number of methoxy groups -OCH3 is 1. The normalized spacial score (nSPS) is 10.6. The molecule has 198 valence electrons. The molecular weight excluding hydrogens is 476 g/mol. The van der Waals surface area contributed by atoms with Crippen molar-refractivity contribution in [2.24, 2.45) is 0 Å². The van der Waals surface area contributed by atoms with Crippen LogP contribution in [0.15, 0.2) is 0 Å². The monoisotopic (exact) mass is 514 g/mol. The number of hydroxylamine groups is 2. The van der Waals surface area contributed by atoms with Gasteiger partial charge in [-0.05, 0) is 52.1 Å². The van der Waals surface area contributed by atoms with Crippen LogP contribution < -0.4 is 25.5 Å². The molecule has 35 heavy (non-hydrogen) atoms. The minimum atomic E-state index is 0.108. The van der Waals surface area contributed by atoms with Crippen molar-refractivity contribution in [2.75, 3.05) is 55.2 Å². The number of anilines is 4. The Kier molecular flexibility index (Phi) is 13.8. The highest BCUT2D eigenvalue weighted by molar-refractivity contribution is 6.28. The van der Waals surface area contributed by atoms with Gasteiger partial charge >= 0.3 is 6.01 Å². The SMILES string of the molecule is CCCN(OC)c1nc(Cl)nc(N(CCC)OC)n1.COc1nc(NC(C)C)nc(NC(C)C)n1. The Morgan fingerprint density at radius 2 is 1.14 bits per heavy atom. The largest absolute Gasteiger partial charge is 0.467 e. The molecule has 0 aliphatic carbocycles. The van der Waals surface area contributed by atoms with Crippen LogP contribution in [0.2, 0.25) is 5.28 Å². The molecule has 0 fully saturated rings. The van der Waals surface area contributed by atoms with Crippen molar-refractivity contribution in [3.8, 4) is 6.01 Å². The van der Waals surface area contributed by atoms with Crippen molar-refractivity contribution in [2.45, 2.75) is 66.5 Å². The molecule has 0 atom stereocenters. The summed E-state index contributed by atoms with van der Waals surface area (Å²) in [5.41, 5.74) is 0. The lowest BCUT2D eigenvalue weighted by molar-refractivity contribution is 0.155. The Hall–Kier alpha value is -2.77. The molecule has 0 saturated heterocycles. The Labute approximate surface area is 212 Å². The van der Waals surface area contributed by atoms with Gasteiger partial charge in [0.15, 0.2) is 0 Å². The minimum absolute atomic E-state index is 0.108. The molecule has 2 aromatic rings. The van der Waals surface area contributed by atoms with E-state index in [9.17, 15) is 0 Å². The number of hydrogen-bond donors (Lipinski definition) is 2. The van der Waals surface area contributed by atoms with Crippen LogP contribution in [0.25, 0.3) is 0 Å². The average Bonchev–Trinajstić information content (AvgIpc) is 2.79. The highest BCUT2D eigenvalue weighted by Crippen LogP contribution is 2.17. The van der Waals surface area contributed by atoms with Crippen LogP contribution in [-0.2, 0) is 9.68 Å². The van der Waals surface area contributed by atoms with Crippen molar-refractivity contribution < 1.29 is 14.4 Å². The average molecular weight is 515 g/mol. The van der Waals surface area contributed by atoms with Crippen LogP contribution in [0, 0.1) is 0 Å². The molecule has 0 unspecified atom stereocenters. The minimum Gasteiger partial charge on any atom is -0.467 e. The molecule has 2 rings (SSSR count). The van der Waals surface area contributed by atoms with Crippen LogP contribution in [0.4, 0.5) is 23.8 Å². The first kappa shape index (κ1) is 30.3. The number of hydrogen-bond acceptors (Lipinski definition) is 13. The topological polar surface area (TPSA) is 136 Å². The quantitative estimate of drug-likeness (QED) is 0.377. The first-order valence-electron chi connectivity index (χ1n) is 11.5. The van der Waals surface area contributed by atoms with Gasteiger partial charge in [-0.2, -0.15) is 29.9 Å². The predicted octanol–water partition coefficient (Wildman–Crippen LogP) is 3.60. The van der Waals surface area contributed by atoms with Gasteiger partial charge in [0.2, 0.25) is 17.2 Å². The fraction of sp³-hybridized carbons (Fsp3) is 0.714. The zero-order valence-electron chi connectivity index (χ0n) is 22.2. The second-order valence-corrected chi connectivity index (χ2v) is 8.18. The van der Waals surface area contributed by atoms with Gasteiger partial charge < -0.3 is 15.4 Å². The maximum absolute atomic E-state index is 5.93. The standard InChI is InChI=1S/C11H20ClN5O2.C10H19N5O/c1-5-7-16(18-3)10-13-9(12)14-11(15-10)17(19-4)8-6-2;1-6(2)11-8-13-9(12-7(3)4)15-10(14-8)16-5/h5-8H2,1-4H3;6-7H,1-5H3,(H2,11,12,13,14,15). The van der Waals surface area contributed by atoms with Crippen LogP contribution >= 0.6 is 11.6 Å². The summed E-state index contributed by atoms with van der Waals surface area (Å²) >= 11 is 5.93. The van der Waals surface area contributed by atoms with Crippen LogP contribution in [0.5, 0.6) is 6.01 Å².